The van der Waals surface area contributed by atoms with E-state index in [1.54, 1.807) is 24.3 Å². The summed E-state index contributed by atoms with van der Waals surface area (Å²) < 4.78 is 0. The molecule has 2 amide bonds. The van der Waals surface area contributed by atoms with E-state index in [2.05, 4.69) is 15.8 Å². The summed E-state index contributed by atoms with van der Waals surface area (Å²) in [5.74, 6) is -1.12. The van der Waals surface area contributed by atoms with Gasteiger partial charge in [-0.15, -0.1) is 0 Å². The van der Waals surface area contributed by atoms with E-state index >= 15 is 0 Å². The molecule has 0 aliphatic rings. The first-order valence-corrected chi connectivity index (χ1v) is 7.55. The second kappa shape index (κ2) is 8.33. The number of nitrogens with zero attached hydrogens (tertiary/aromatic N) is 1. The van der Waals surface area contributed by atoms with Crippen LogP contribution in [0.1, 0.15) is 12.0 Å². The Kier molecular flexibility index (Phi) is 6.17. The molecule has 0 spiro atoms. The fourth-order valence-electron chi connectivity index (χ4n) is 1.73. The maximum absolute atomic E-state index is 11.7. The average Bonchev–Trinajstić information content (AvgIpc) is 2.53. The lowest BCUT2D eigenvalue weighted by Crippen LogP contribution is -2.24. The number of phenolic OH excluding ortho intramolecular Hbond substituents is 1. The first kappa shape index (κ1) is 17.8. The summed E-state index contributed by atoms with van der Waals surface area (Å²) in [7, 11) is 0. The highest BCUT2D eigenvalue weighted by molar-refractivity contribution is 6.31. The summed E-state index contributed by atoms with van der Waals surface area (Å²) in [6, 6.07) is 10.9. The Morgan fingerprint density at radius 3 is 2.42 bits per heavy atom. The van der Waals surface area contributed by atoms with E-state index in [-0.39, 0.29) is 5.75 Å². The second-order valence-electron chi connectivity index (χ2n) is 4.73. The van der Waals surface area contributed by atoms with Crippen molar-refractivity contribution in [3.8, 4) is 5.75 Å². The van der Waals surface area contributed by atoms with Gasteiger partial charge < -0.3 is 10.4 Å². The van der Waals surface area contributed by atoms with Crippen molar-refractivity contribution < 1.29 is 14.7 Å². The Morgan fingerprint density at radius 1 is 1.04 bits per heavy atom. The number of phenols is 1. The van der Waals surface area contributed by atoms with Gasteiger partial charge >= 0.3 is 0 Å². The molecule has 0 unspecified atom stereocenters. The van der Waals surface area contributed by atoms with Crippen LogP contribution < -0.4 is 10.7 Å². The van der Waals surface area contributed by atoms with Gasteiger partial charge in [-0.2, -0.15) is 5.10 Å². The number of carbonyl (C=O) groups is 2. The lowest BCUT2D eigenvalue weighted by Gasteiger charge is -2.04. The lowest BCUT2D eigenvalue weighted by atomic mass is 10.2. The van der Waals surface area contributed by atoms with E-state index < -0.39 is 18.2 Å². The van der Waals surface area contributed by atoms with Crippen LogP contribution in [0.25, 0.3) is 0 Å². The summed E-state index contributed by atoms with van der Waals surface area (Å²) in [6.07, 6.45) is 0.831. The van der Waals surface area contributed by atoms with E-state index in [4.69, 9.17) is 23.2 Å². The molecule has 24 heavy (non-hydrogen) atoms. The number of anilines is 1. The van der Waals surface area contributed by atoms with Crippen molar-refractivity contribution in [2.24, 2.45) is 5.10 Å². The molecule has 2 aromatic carbocycles. The quantitative estimate of drug-likeness (QED) is 0.431. The van der Waals surface area contributed by atoms with Crippen LogP contribution in [0.15, 0.2) is 47.6 Å². The Morgan fingerprint density at radius 2 is 1.71 bits per heavy atom. The minimum atomic E-state index is -0.598. The number of carbonyl (C=O) groups excluding carboxylic acids is 2. The van der Waals surface area contributed by atoms with Crippen molar-refractivity contribution >= 4 is 46.9 Å². The summed E-state index contributed by atoms with van der Waals surface area (Å²) in [4.78, 5) is 23.4. The molecule has 6 nitrogen and oxygen atoms in total. The summed E-state index contributed by atoms with van der Waals surface area (Å²) in [5, 5.41) is 16.8. The summed E-state index contributed by atoms with van der Waals surface area (Å²) in [6.45, 7) is 0. The highest BCUT2D eigenvalue weighted by Gasteiger charge is 2.09. The molecule has 0 saturated carbocycles. The largest absolute Gasteiger partial charge is 0.507 e. The van der Waals surface area contributed by atoms with E-state index in [1.165, 1.54) is 24.4 Å². The van der Waals surface area contributed by atoms with E-state index in [0.717, 1.165) is 0 Å². The molecule has 124 valence electrons. The van der Waals surface area contributed by atoms with Gasteiger partial charge in [-0.05, 0) is 42.5 Å². The molecule has 0 saturated heterocycles. The van der Waals surface area contributed by atoms with Crippen molar-refractivity contribution in [1.82, 2.24) is 5.43 Å². The summed E-state index contributed by atoms with van der Waals surface area (Å²) >= 11 is 11.5. The van der Waals surface area contributed by atoms with Crippen LogP contribution in [-0.4, -0.2) is 23.1 Å². The van der Waals surface area contributed by atoms with Gasteiger partial charge in [0.05, 0.1) is 6.21 Å². The first-order chi connectivity index (χ1) is 11.4. The number of benzene rings is 2. The SMILES string of the molecule is O=C(CC(=O)Nc1ccc(Cl)cc1)N/N=C/c1cc(Cl)ccc1O. The molecule has 0 aliphatic carbocycles. The summed E-state index contributed by atoms with van der Waals surface area (Å²) in [5.41, 5.74) is 3.07. The molecule has 0 atom stereocenters. The predicted molar refractivity (Wildman–Crippen MR) is 93.6 cm³/mol. The van der Waals surface area contributed by atoms with Gasteiger partial charge in [-0.3, -0.25) is 9.59 Å². The van der Waals surface area contributed by atoms with Crippen LogP contribution in [0.3, 0.4) is 0 Å². The number of rotatable bonds is 5. The normalized spacial score (nSPS) is 10.6. The molecule has 0 heterocycles. The molecule has 3 N–H and O–H groups in total. The maximum atomic E-state index is 11.7. The first-order valence-electron chi connectivity index (χ1n) is 6.80. The van der Waals surface area contributed by atoms with Crippen molar-refractivity contribution in [2.75, 3.05) is 5.32 Å². The van der Waals surface area contributed by atoms with Crippen molar-refractivity contribution in [3.05, 3.63) is 58.1 Å². The molecule has 8 heteroatoms. The third kappa shape index (κ3) is 5.57. The van der Waals surface area contributed by atoms with Crippen LogP contribution in [-0.2, 0) is 9.59 Å². The third-order valence-corrected chi connectivity index (χ3v) is 3.32. The van der Waals surface area contributed by atoms with Gasteiger partial charge in [-0.25, -0.2) is 5.43 Å². The Hall–Kier alpha value is -2.57. The Bertz CT molecular complexity index is 777. The number of hydrogen-bond acceptors (Lipinski definition) is 4. The minimum absolute atomic E-state index is 0.0297. The fraction of sp³-hybridized carbons (Fsp3) is 0.0625. The third-order valence-electron chi connectivity index (χ3n) is 2.83. The predicted octanol–water partition coefficient (Wildman–Crippen LogP) is 3.18. The number of halogens is 2. The molecule has 0 bridgehead atoms. The Balaban J connectivity index is 1.84. The van der Waals surface area contributed by atoms with Crippen LogP contribution in [0.5, 0.6) is 5.75 Å². The molecule has 0 radical (unpaired) electrons. The monoisotopic (exact) mass is 365 g/mol. The molecular weight excluding hydrogens is 353 g/mol. The van der Waals surface area contributed by atoms with Crippen LogP contribution in [0.4, 0.5) is 5.69 Å². The standard InChI is InChI=1S/C16H13Cl2N3O3/c17-11-1-4-13(5-2-11)20-15(23)8-16(24)21-19-9-10-7-12(18)3-6-14(10)22/h1-7,9,22H,8H2,(H,20,23)(H,21,24)/b19-9+. The van der Waals surface area contributed by atoms with Crippen molar-refractivity contribution in [2.45, 2.75) is 6.42 Å². The zero-order chi connectivity index (χ0) is 17.5. The van der Waals surface area contributed by atoms with Crippen molar-refractivity contribution in [1.29, 1.82) is 0 Å². The van der Waals surface area contributed by atoms with Gasteiger partial charge in [0.25, 0.3) is 0 Å². The van der Waals surface area contributed by atoms with E-state index in [0.29, 0.717) is 21.3 Å². The topological polar surface area (TPSA) is 90.8 Å². The van der Waals surface area contributed by atoms with Crippen molar-refractivity contribution in [3.63, 3.8) is 0 Å². The van der Waals surface area contributed by atoms with Crippen LogP contribution in [0, 0.1) is 0 Å². The highest BCUT2D eigenvalue weighted by Crippen LogP contribution is 2.19. The van der Waals surface area contributed by atoms with Gasteiger partial charge in [0.2, 0.25) is 11.8 Å². The number of hydrogen-bond donors (Lipinski definition) is 3. The number of amides is 2. The minimum Gasteiger partial charge on any atom is -0.507 e. The fourth-order valence-corrected chi connectivity index (χ4v) is 2.03. The molecule has 2 rings (SSSR count). The Labute approximate surface area is 148 Å². The van der Waals surface area contributed by atoms with Crippen LogP contribution in [0.2, 0.25) is 10.0 Å². The molecule has 0 aliphatic heterocycles. The number of hydrazone groups is 1. The molecule has 0 fully saturated rings. The van der Waals surface area contributed by atoms with Gasteiger partial charge in [0.1, 0.15) is 12.2 Å². The van der Waals surface area contributed by atoms with E-state index in [9.17, 15) is 14.7 Å². The number of nitrogens with one attached hydrogen (secondary N) is 2. The van der Waals surface area contributed by atoms with Gasteiger partial charge in [0, 0.05) is 21.3 Å². The zero-order valence-electron chi connectivity index (χ0n) is 12.3. The van der Waals surface area contributed by atoms with Gasteiger partial charge in [-0.1, -0.05) is 23.2 Å². The smallest absolute Gasteiger partial charge is 0.249 e. The lowest BCUT2D eigenvalue weighted by molar-refractivity contribution is -0.126. The number of aromatic hydroxyl groups is 1. The molecule has 0 aromatic heterocycles. The van der Waals surface area contributed by atoms with E-state index in [1.807, 2.05) is 0 Å². The molecular formula is C16H13Cl2N3O3. The second-order valence-corrected chi connectivity index (χ2v) is 5.60. The average molecular weight is 366 g/mol. The van der Waals surface area contributed by atoms with Gasteiger partial charge in [0.15, 0.2) is 0 Å². The maximum Gasteiger partial charge on any atom is 0.249 e. The molecule has 2 aromatic rings. The van der Waals surface area contributed by atoms with Crippen LogP contribution >= 0.6 is 23.2 Å². The highest BCUT2D eigenvalue weighted by atomic mass is 35.5. The zero-order valence-corrected chi connectivity index (χ0v) is 13.8.